The average molecular weight is 408 g/mol. The summed E-state index contributed by atoms with van der Waals surface area (Å²) >= 11 is 0. The number of phenolic OH excluding ortho intramolecular Hbond substituents is 1. The van der Waals surface area contributed by atoms with Gasteiger partial charge in [-0.1, -0.05) is 12.1 Å². The fourth-order valence-electron chi connectivity index (χ4n) is 2.22. The molecule has 160 valence electrons. The van der Waals surface area contributed by atoms with Crippen LogP contribution in [0.2, 0.25) is 0 Å². The van der Waals surface area contributed by atoms with Gasteiger partial charge in [0.15, 0.2) is 0 Å². The maximum absolute atomic E-state index is 12.6. The number of benzene rings is 1. The Kier molecular flexibility index (Phi) is 8.43. The van der Waals surface area contributed by atoms with E-state index in [4.69, 9.17) is 4.74 Å². The fourth-order valence-corrected chi connectivity index (χ4v) is 2.22. The number of alkyl carbamates (subject to hydrolysis) is 1. The number of carboxylic acids is 1. The molecule has 0 radical (unpaired) electrons. The molecular formula is C19H26N3O7-. The molecule has 3 amide bonds. The predicted molar refractivity (Wildman–Crippen MR) is 101 cm³/mol. The van der Waals surface area contributed by atoms with Crippen LogP contribution in [0.1, 0.15) is 33.3 Å². The Morgan fingerprint density at radius 2 is 1.66 bits per heavy atom. The number of phenols is 1. The van der Waals surface area contributed by atoms with Crippen molar-refractivity contribution in [2.24, 2.45) is 0 Å². The summed E-state index contributed by atoms with van der Waals surface area (Å²) in [6.45, 7) is 5.70. The molecule has 1 aromatic carbocycles. The first kappa shape index (κ1) is 23.7. The minimum Gasteiger partial charge on any atom is -0.548 e. The van der Waals surface area contributed by atoms with Gasteiger partial charge in [0.05, 0.1) is 12.5 Å². The standard InChI is InChI=1S/C19H27N3O7/c1-11(16(26)20-10-15(24)25)21-17(27)14(22-18(28)29-19(2,3)4)9-12-5-7-13(23)8-6-12/h5-8,11,14,23H,9-10H2,1-4H3,(H,20,26)(H,21,27)(H,22,28)(H,24,25)/p-1/t11-,14+/m1/s1. The number of carbonyl (C=O) groups excluding carboxylic acids is 4. The number of ether oxygens (including phenoxy) is 1. The molecule has 10 heteroatoms. The summed E-state index contributed by atoms with van der Waals surface area (Å²) < 4.78 is 5.17. The second-order valence-corrected chi connectivity index (χ2v) is 7.39. The van der Waals surface area contributed by atoms with Crippen LogP contribution in [0.3, 0.4) is 0 Å². The number of nitrogens with one attached hydrogen (secondary N) is 3. The highest BCUT2D eigenvalue weighted by Gasteiger charge is 2.27. The molecule has 0 bridgehead atoms. The van der Waals surface area contributed by atoms with Crippen molar-refractivity contribution >= 4 is 23.9 Å². The van der Waals surface area contributed by atoms with E-state index < -0.39 is 48.1 Å². The van der Waals surface area contributed by atoms with Crippen molar-refractivity contribution in [3.8, 4) is 5.75 Å². The molecule has 0 fully saturated rings. The van der Waals surface area contributed by atoms with E-state index in [1.165, 1.54) is 19.1 Å². The molecule has 0 spiro atoms. The van der Waals surface area contributed by atoms with Gasteiger partial charge in [-0.2, -0.15) is 0 Å². The summed E-state index contributed by atoms with van der Waals surface area (Å²) in [6.07, 6.45) is -0.746. The van der Waals surface area contributed by atoms with Crippen molar-refractivity contribution in [1.29, 1.82) is 0 Å². The highest BCUT2D eigenvalue weighted by Crippen LogP contribution is 2.12. The Morgan fingerprint density at radius 3 is 2.17 bits per heavy atom. The van der Waals surface area contributed by atoms with E-state index in [-0.39, 0.29) is 12.2 Å². The van der Waals surface area contributed by atoms with Crippen LogP contribution < -0.4 is 21.1 Å². The molecule has 1 aromatic rings. The van der Waals surface area contributed by atoms with Gasteiger partial charge in [-0.15, -0.1) is 0 Å². The van der Waals surface area contributed by atoms with E-state index >= 15 is 0 Å². The molecule has 10 nitrogen and oxygen atoms in total. The van der Waals surface area contributed by atoms with E-state index in [9.17, 15) is 29.4 Å². The van der Waals surface area contributed by atoms with Crippen molar-refractivity contribution in [2.75, 3.05) is 6.54 Å². The third-order valence-electron chi connectivity index (χ3n) is 3.54. The molecule has 0 aliphatic carbocycles. The molecule has 2 atom stereocenters. The molecule has 0 aromatic heterocycles. The van der Waals surface area contributed by atoms with Gasteiger partial charge in [0, 0.05) is 6.42 Å². The Hall–Kier alpha value is -3.30. The third-order valence-corrected chi connectivity index (χ3v) is 3.54. The highest BCUT2D eigenvalue weighted by atomic mass is 16.6. The minimum absolute atomic E-state index is 0.0491. The van der Waals surface area contributed by atoms with Crippen molar-refractivity contribution in [1.82, 2.24) is 16.0 Å². The lowest BCUT2D eigenvalue weighted by molar-refractivity contribution is -0.304. The summed E-state index contributed by atoms with van der Waals surface area (Å²) in [4.78, 5) is 47.0. The first-order valence-corrected chi connectivity index (χ1v) is 8.92. The normalized spacial score (nSPS) is 13.0. The van der Waals surface area contributed by atoms with E-state index in [0.29, 0.717) is 5.56 Å². The molecule has 0 aliphatic rings. The van der Waals surface area contributed by atoms with Gasteiger partial charge in [-0.3, -0.25) is 9.59 Å². The van der Waals surface area contributed by atoms with Crippen LogP contribution in [0.15, 0.2) is 24.3 Å². The molecule has 4 N–H and O–H groups in total. The number of rotatable bonds is 8. The Balaban J connectivity index is 2.86. The monoisotopic (exact) mass is 408 g/mol. The lowest BCUT2D eigenvalue weighted by atomic mass is 10.0. The first-order chi connectivity index (χ1) is 13.4. The average Bonchev–Trinajstić information content (AvgIpc) is 2.59. The summed E-state index contributed by atoms with van der Waals surface area (Å²) in [6, 6.07) is 3.92. The number of hydrogen-bond donors (Lipinski definition) is 4. The Labute approximate surface area is 168 Å². The molecule has 1 rings (SSSR count). The van der Waals surface area contributed by atoms with Crippen LogP contribution in [-0.4, -0.2) is 53.2 Å². The molecule has 29 heavy (non-hydrogen) atoms. The van der Waals surface area contributed by atoms with Gasteiger partial charge in [0.1, 0.15) is 23.4 Å². The van der Waals surface area contributed by atoms with Crippen LogP contribution in [0.4, 0.5) is 4.79 Å². The largest absolute Gasteiger partial charge is 0.548 e. The molecule has 0 unspecified atom stereocenters. The minimum atomic E-state index is -1.46. The molecule has 0 saturated carbocycles. The Morgan fingerprint density at radius 1 is 1.07 bits per heavy atom. The zero-order chi connectivity index (χ0) is 22.2. The zero-order valence-electron chi connectivity index (χ0n) is 16.8. The van der Waals surface area contributed by atoms with Crippen LogP contribution in [0.5, 0.6) is 5.75 Å². The van der Waals surface area contributed by atoms with Gasteiger partial charge in [0.25, 0.3) is 0 Å². The summed E-state index contributed by atoms with van der Waals surface area (Å²) in [5.74, 6) is -2.80. The quantitative estimate of drug-likeness (QED) is 0.438. The van der Waals surface area contributed by atoms with Crippen LogP contribution in [0.25, 0.3) is 0 Å². The van der Waals surface area contributed by atoms with Gasteiger partial charge in [-0.05, 0) is 45.4 Å². The maximum Gasteiger partial charge on any atom is 0.408 e. The van der Waals surface area contributed by atoms with Crippen molar-refractivity contribution < 1.29 is 34.1 Å². The summed E-state index contributed by atoms with van der Waals surface area (Å²) in [5.41, 5.74) is -0.130. The number of amides is 3. The number of aromatic hydroxyl groups is 1. The second kappa shape index (κ2) is 10.3. The van der Waals surface area contributed by atoms with Crippen LogP contribution >= 0.6 is 0 Å². The Bertz CT molecular complexity index is 741. The predicted octanol–water partition coefficient (Wildman–Crippen LogP) is -0.801. The highest BCUT2D eigenvalue weighted by molar-refractivity contribution is 5.92. The fraction of sp³-hybridized carbons (Fsp3) is 0.474. The van der Waals surface area contributed by atoms with E-state index in [2.05, 4.69) is 16.0 Å². The SMILES string of the molecule is C[C@@H](NC(=O)[C@H](Cc1ccc(O)cc1)NC(=O)OC(C)(C)C)C(=O)NCC(=O)[O-]. The molecule has 0 heterocycles. The van der Waals surface area contributed by atoms with E-state index in [1.54, 1.807) is 32.9 Å². The van der Waals surface area contributed by atoms with Crippen molar-refractivity contribution in [3.05, 3.63) is 29.8 Å². The first-order valence-electron chi connectivity index (χ1n) is 8.92. The van der Waals surface area contributed by atoms with Crippen LogP contribution in [-0.2, 0) is 25.5 Å². The molecular weight excluding hydrogens is 382 g/mol. The summed E-state index contributed by atoms with van der Waals surface area (Å²) in [5, 5.41) is 26.8. The van der Waals surface area contributed by atoms with Gasteiger partial charge < -0.3 is 35.7 Å². The summed E-state index contributed by atoms with van der Waals surface area (Å²) in [7, 11) is 0. The number of aliphatic carboxylic acids is 1. The number of hydrogen-bond acceptors (Lipinski definition) is 7. The van der Waals surface area contributed by atoms with Crippen molar-refractivity contribution in [3.63, 3.8) is 0 Å². The molecule has 0 aliphatic heterocycles. The molecule has 0 saturated heterocycles. The lowest BCUT2D eigenvalue weighted by Crippen LogP contribution is -2.54. The number of carboxylic acid groups (broad SMARTS) is 1. The zero-order valence-corrected chi connectivity index (χ0v) is 16.8. The van der Waals surface area contributed by atoms with E-state index in [1.807, 2.05) is 0 Å². The smallest absolute Gasteiger partial charge is 0.408 e. The number of carbonyl (C=O) groups is 4. The van der Waals surface area contributed by atoms with Gasteiger partial charge >= 0.3 is 6.09 Å². The van der Waals surface area contributed by atoms with Gasteiger partial charge in [0.2, 0.25) is 11.8 Å². The maximum atomic E-state index is 12.6. The van der Waals surface area contributed by atoms with E-state index in [0.717, 1.165) is 0 Å². The third kappa shape index (κ3) is 9.45. The van der Waals surface area contributed by atoms with Crippen molar-refractivity contribution in [2.45, 2.75) is 51.8 Å². The lowest BCUT2D eigenvalue weighted by Gasteiger charge is -2.24. The topological polar surface area (TPSA) is 157 Å². The van der Waals surface area contributed by atoms with Gasteiger partial charge in [-0.25, -0.2) is 4.79 Å². The van der Waals surface area contributed by atoms with Crippen LogP contribution in [0, 0.1) is 0 Å². The second-order valence-electron chi connectivity index (χ2n) is 7.39.